The maximum absolute atomic E-state index is 13.2. The fourth-order valence-electron chi connectivity index (χ4n) is 5.49. The standard InChI is InChI=1S/C32H35F5N2O5S/c1-2-45(42,43)28-15-8-22(9-16-28)29(17-18-40)38-30(41)23-5-12-26(13-6-23)39-19-24(7-14-27(39)20-44-31(33)34)21-3-10-25(11-4-21)32(35,36)37/h3-6,8-13,15-16,24,27,29,31,40H,2,7,14,17-20H2,1H3,(H,38,41)/t24?,27-,29-/m0/s1. The van der Waals surface area contributed by atoms with Gasteiger partial charge < -0.3 is 20.1 Å². The van der Waals surface area contributed by atoms with Crippen molar-refractivity contribution in [3.8, 4) is 0 Å². The molecule has 0 aromatic heterocycles. The number of benzene rings is 3. The monoisotopic (exact) mass is 654 g/mol. The van der Waals surface area contributed by atoms with Crippen molar-refractivity contribution in [2.45, 2.75) is 61.9 Å². The normalized spacial score (nSPS) is 18.2. The van der Waals surface area contributed by atoms with Gasteiger partial charge in [0.05, 0.1) is 34.9 Å². The summed E-state index contributed by atoms with van der Waals surface area (Å²) < 4.78 is 93.8. The first kappa shape index (κ1) is 34.3. The zero-order valence-corrected chi connectivity index (χ0v) is 25.3. The highest BCUT2D eigenvalue weighted by Gasteiger charge is 2.33. The SMILES string of the molecule is CCS(=O)(=O)c1ccc([C@H](CCO)NC(=O)c2ccc(N3CC(c4ccc(C(F)(F)F)cc4)CC[C@H]3COC(F)F)cc2)cc1. The third kappa shape index (κ3) is 8.80. The minimum absolute atomic E-state index is 0.0493. The lowest BCUT2D eigenvalue weighted by Crippen LogP contribution is -2.45. The summed E-state index contributed by atoms with van der Waals surface area (Å²) in [6, 6.07) is 16.5. The number of amides is 1. The predicted octanol–water partition coefficient (Wildman–Crippen LogP) is 6.34. The number of halogens is 5. The van der Waals surface area contributed by atoms with Gasteiger partial charge in [-0.25, -0.2) is 8.42 Å². The van der Waals surface area contributed by atoms with Crippen LogP contribution in [0.15, 0.2) is 77.7 Å². The molecule has 13 heteroatoms. The van der Waals surface area contributed by atoms with E-state index in [2.05, 4.69) is 10.1 Å². The first-order valence-electron chi connectivity index (χ1n) is 14.5. The number of anilines is 1. The van der Waals surface area contributed by atoms with Crippen molar-refractivity contribution in [1.29, 1.82) is 0 Å². The van der Waals surface area contributed by atoms with Crippen LogP contribution in [0.1, 0.15) is 65.2 Å². The molecule has 3 aromatic carbocycles. The molecule has 3 atom stereocenters. The Hall–Kier alpha value is -3.55. The van der Waals surface area contributed by atoms with E-state index in [0.717, 1.165) is 12.1 Å². The third-order valence-corrected chi connectivity index (χ3v) is 9.79. The van der Waals surface area contributed by atoms with Crippen molar-refractivity contribution in [3.05, 3.63) is 95.1 Å². The molecule has 3 aromatic rings. The van der Waals surface area contributed by atoms with Crippen LogP contribution < -0.4 is 10.2 Å². The smallest absolute Gasteiger partial charge is 0.396 e. The van der Waals surface area contributed by atoms with Gasteiger partial charge in [-0.15, -0.1) is 0 Å². The molecule has 45 heavy (non-hydrogen) atoms. The number of alkyl halides is 5. The van der Waals surface area contributed by atoms with Gasteiger partial charge in [-0.3, -0.25) is 4.79 Å². The summed E-state index contributed by atoms with van der Waals surface area (Å²) >= 11 is 0. The summed E-state index contributed by atoms with van der Waals surface area (Å²) in [6.45, 7) is -1.54. The average Bonchev–Trinajstić information content (AvgIpc) is 3.03. The van der Waals surface area contributed by atoms with Crippen LogP contribution in [-0.4, -0.2) is 57.6 Å². The van der Waals surface area contributed by atoms with Gasteiger partial charge in [0, 0.05) is 30.3 Å². The Morgan fingerprint density at radius 1 is 1.00 bits per heavy atom. The Kier molecular flexibility index (Phi) is 11.2. The van der Waals surface area contributed by atoms with Crippen LogP contribution in [-0.2, 0) is 20.8 Å². The van der Waals surface area contributed by atoms with Gasteiger partial charge in [0.15, 0.2) is 9.84 Å². The molecule has 2 N–H and O–H groups in total. The van der Waals surface area contributed by atoms with E-state index in [4.69, 9.17) is 0 Å². The van der Waals surface area contributed by atoms with Crippen molar-refractivity contribution in [1.82, 2.24) is 5.32 Å². The number of piperidine rings is 1. The Morgan fingerprint density at radius 2 is 1.64 bits per heavy atom. The maximum atomic E-state index is 13.2. The van der Waals surface area contributed by atoms with E-state index in [0.29, 0.717) is 41.8 Å². The van der Waals surface area contributed by atoms with E-state index in [9.17, 15) is 40.3 Å². The number of ether oxygens (including phenoxy) is 1. The molecule has 0 spiro atoms. The molecule has 0 radical (unpaired) electrons. The summed E-state index contributed by atoms with van der Waals surface area (Å²) in [5.41, 5.74) is 1.49. The molecular weight excluding hydrogens is 619 g/mol. The molecule has 1 aliphatic rings. The first-order chi connectivity index (χ1) is 21.3. The fraction of sp³-hybridized carbons (Fsp3) is 0.406. The molecule has 1 heterocycles. The van der Waals surface area contributed by atoms with E-state index < -0.39 is 46.2 Å². The van der Waals surface area contributed by atoms with Crippen LogP contribution in [0.2, 0.25) is 0 Å². The summed E-state index contributed by atoms with van der Waals surface area (Å²) in [6.07, 6.45) is -3.24. The second kappa shape index (κ2) is 14.7. The van der Waals surface area contributed by atoms with Crippen molar-refractivity contribution < 1.29 is 45.0 Å². The van der Waals surface area contributed by atoms with Gasteiger partial charge >= 0.3 is 12.8 Å². The van der Waals surface area contributed by atoms with Gasteiger partial charge in [0.25, 0.3) is 5.91 Å². The van der Waals surface area contributed by atoms with E-state index in [1.165, 1.54) is 24.3 Å². The largest absolute Gasteiger partial charge is 0.416 e. The highest BCUT2D eigenvalue weighted by Crippen LogP contribution is 2.36. The van der Waals surface area contributed by atoms with E-state index in [1.54, 1.807) is 43.3 Å². The van der Waals surface area contributed by atoms with Crippen LogP contribution in [0, 0.1) is 0 Å². The summed E-state index contributed by atoms with van der Waals surface area (Å²) in [5, 5.41) is 12.4. The maximum Gasteiger partial charge on any atom is 0.416 e. The highest BCUT2D eigenvalue weighted by atomic mass is 32.2. The Balaban J connectivity index is 1.50. The number of nitrogens with zero attached hydrogens (tertiary/aromatic N) is 1. The second-order valence-electron chi connectivity index (χ2n) is 10.9. The Bertz CT molecular complexity index is 1520. The van der Waals surface area contributed by atoms with E-state index in [-0.39, 0.29) is 36.2 Å². The summed E-state index contributed by atoms with van der Waals surface area (Å²) in [4.78, 5) is 15.2. The second-order valence-corrected chi connectivity index (χ2v) is 13.1. The molecule has 1 saturated heterocycles. The highest BCUT2D eigenvalue weighted by molar-refractivity contribution is 7.91. The molecule has 7 nitrogen and oxygen atoms in total. The quantitative estimate of drug-likeness (QED) is 0.221. The van der Waals surface area contributed by atoms with Gasteiger partial charge in [-0.2, -0.15) is 22.0 Å². The van der Waals surface area contributed by atoms with Gasteiger partial charge in [-0.1, -0.05) is 31.2 Å². The molecule has 0 aliphatic carbocycles. The zero-order valence-electron chi connectivity index (χ0n) is 24.5. The number of hydrogen-bond acceptors (Lipinski definition) is 6. The molecule has 1 aliphatic heterocycles. The Morgan fingerprint density at radius 3 is 2.20 bits per heavy atom. The van der Waals surface area contributed by atoms with Gasteiger partial charge in [0.1, 0.15) is 0 Å². The zero-order chi connectivity index (χ0) is 32.8. The molecule has 0 saturated carbocycles. The Labute approximate surface area is 258 Å². The van der Waals surface area contributed by atoms with Crippen molar-refractivity contribution in [2.24, 2.45) is 0 Å². The van der Waals surface area contributed by atoms with Crippen molar-refractivity contribution in [2.75, 3.05) is 30.4 Å². The average molecular weight is 655 g/mol. The molecule has 0 bridgehead atoms. The molecule has 1 fully saturated rings. The van der Waals surface area contributed by atoms with Crippen molar-refractivity contribution >= 4 is 21.4 Å². The number of hydrogen-bond donors (Lipinski definition) is 2. The number of aliphatic hydroxyl groups excluding tert-OH is 1. The fourth-order valence-corrected chi connectivity index (χ4v) is 6.37. The van der Waals surface area contributed by atoms with Crippen LogP contribution in [0.25, 0.3) is 0 Å². The van der Waals surface area contributed by atoms with E-state index >= 15 is 0 Å². The minimum atomic E-state index is -4.45. The first-order valence-corrected chi connectivity index (χ1v) is 16.2. The molecule has 1 amide bonds. The van der Waals surface area contributed by atoms with Crippen molar-refractivity contribution in [3.63, 3.8) is 0 Å². The van der Waals surface area contributed by atoms with Crippen LogP contribution >= 0.6 is 0 Å². The predicted molar refractivity (Wildman–Crippen MR) is 159 cm³/mol. The molecular formula is C32H35F5N2O5S. The number of carbonyl (C=O) groups excluding carboxylic acids is 1. The molecule has 1 unspecified atom stereocenters. The number of nitrogens with one attached hydrogen (secondary N) is 1. The number of aliphatic hydroxyl groups is 1. The summed E-state index contributed by atoms with van der Waals surface area (Å²) in [7, 11) is -3.40. The number of sulfone groups is 1. The lowest BCUT2D eigenvalue weighted by Gasteiger charge is -2.41. The van der Waals surface area contributed by atoms with Crippen LogP contribution in [0.3, 0.4) is 0 Å². The lowest BCUT2D eigenvalue weighted by atomic mass is 9.86. The van der Waals surface area contributed by atoms with E-state index in [1.807, 2.05) is 4.90 Å². The minimum Gasteiger partial charge on any atom is -0.396 e. The molecule has 4 rings (SSSR count). The summed E-state index contributed by atoms with van der Waals surface area (Å²) in [5.74, 6) is -0.646. The van der Waals surface area contributed by atoms with Crippen LogP contribution in [0.5, 0.6) is 0 Å². The number of carbonyl (C=O) groups is 1. The lowest BCUT2D eigenvalue weighted by molar-refractivity contribution is -0.137. The van der Waals surface area contributed by atoms with Gasteiger partial charge in [-0.05, 0) is 78.9 Å². The number of rotatable bonds is 12. The van der Waals surface area contributed by atoms with Gasteiger partial charge in [0.2, 0.25) is 0 Å². The molecule has 244 valence electrons. The van der Waals surface area contributed by atoms with Crippen LogP contribution in [0.4, 0.5) is 27.6 Å². The topological polar surface area (TPSA) is 95.9 Å². The third-order valence-electron chi connectivity index (χ3n) is 8.04.